The van der Waals surface area contributed by atoms with E-state index in [4.69, 9.17) is 0 Å². The van der Waals surface area contributed by atoms with Gasteiger partial charge in [-0.05, 0) is 36.8 Å². The van der Waals surface area contributed by atoms with E-state index in [0.29, 0.717) is 12.0 Å². The third-order valence-electron chi connectivity index (χ3n) is 4.93. The standard InChI is InChI=1S/C18H29N/c1-4-14(3)17(15-10-7-6-8-11-15)18(19-5-2)16-12-9-13-16/h6-8,10-11,14,16-19H,4-5,9,12-13H2,1-3H3. The smallest absolute Gasteiger partial charge is 0.0166 e. The number of nitrogens with one attached hydrogen (secondary N) is 1. The third kappa shape index (κ3) is 3.39. The van der Waals surface area contributed by atoms with Gasteiger partial charge in [0, 0.05) is 12.0 Å². The summed E-state index contributed by atoms with van der Waals surface area (Å²) in [6.45, 7) is 8.07. The first-order valence-electron chi connectivity index (χ1n) is 8.06. The zero-order chi connectivity index (χ0) is 13.7. The Balaban J connectivity index is 2.24. The number of likely N-dealkylation sites (N-methyl/N-ethyl adjacent to an activating group) is 1. The third-order valence-corrected chi connectivity index (χ3v) is 4.93. The van der Waals surface area contributed by atoms with E-state index >= 15 is 0 Å². The predicted molar refractivity (Wildman–Crippen MR) is 83.4 cm³/mol. The summed E-state index contributed by atoms with van der Waals surface area (Å²) < 4.78 is 0. The van der Waals surface area contributed by atoms with Crippen molar-refractivity contribution in [2.75, 3.05) is 6.54 Å². The fourth-order valence-corrected chi connectivity index (χ4v) is 3.44. The Morgan fingerprint density at radius 2 is 1.84 bits per heavy atom. The maximum atomic E-state index is 3.80. The van der Waals surface area contributed by atoms with Crippen LogP contribution >= 0.6 is 0 Å². The fraction of sp³-hybridized carbons (Fsp3) is 0.667. The van der Waals surface area contributed by atoms with Crippen LogP contribution in [0.3, 0.4) is 0 Å². The molecule has 2 rings (SSSR count). The van der Waals surface area contributed by atoms with Gasteiger partial charge in [-0.1, -0.05) is 63.9 Å². The van der Waals surface area contributed by atoms with E-state index in [1.165, 1.54) is 31.2 Å². The van der Waals surface area contributed by atoms with Gasteiger partial charge in [0.15, 0.2) is 0 Å². The second-order valence-electron chi connectivity index (χ2n) is 6.10. The van der Waals surface area contributed by atoms with Gasteiger partial charge in [-0.2, -0.15) is 0 Å². The normalized spacial score (nSPS) is 20.6. The van der Waals surface area contributed by atoms with Crippen molar-refractivity contribution in [3.63, 3.8) is 0 Å². The first-order valence-corrected chi connectivity index (χ1v) is 8.06. The van der Waals surface area contributed by atoms with Crippen molar-refractivity contribution in [3.8, 4) is 0 Å². The molecule has 0 heterocycles. The second kappa shape index (κ2) is 7.09. The Morgan fingerprint density at radius 3 is 2.32 bits per heavy atom. The van der Waals surface area contributed by atoms with Gasteiger partial charge < -0.3 is 5.32 Å². The molecule has 1 saturated carbocycles. The lowest BCUT2D eigenvalue weighted by molar-refractivity contribution is 0.179. The predicted octanol–water partition coefficient (Wildman–Crippen LogP) is 4.59. The number of rotatable bonds is 7. The minimum Gasteiger partial charge on any atom is -0.313 e. The average Bonchev–Trinajstić information content (AvgIpc) is 2.38. The minimum atomic E-state index is 0.663. The molecule has 19 heavy (non-hydrogen) atoms. The Bertz CT molecular complexity index is 355. The van der Waals surface area contributed by atoms with Crippen LogP contribution in [0.2, 0.25) is 0 Å². The van der Waals surface area contributed by atoms with Crippen LogP contribution in [-0.2, 0) is 0 Å². The Morgan fingerprint density at radius 1 is 1.16 bits per heavy atom. The molecule has 1 N–H and O–H groups in total. The summed E-state index contributed by atoms with van der Waals surface area (Å²) in [7, 11) is 0. The van der Waals surface area contributed by atoms with E-state index in [1.54, 1.807) is 0 Å². The molecule has 1 fully saturated rings. The van der Waals surface area contributed by atoms with Gasteiger partial charge in [0.2, 0.25) is 0 Å². The largest absolute Gasteiger partial charge is 0.313 e. The molecule has 1 aliphatic carbocycles. The van der Waals surface area contributed by atoms with Crippen molar-refractivity contribution >= 4 is 0 Å². The Labute approximate surface area is 118 Å². The molecule has 3 atom stereocenters. The molecule has 0 saturated heterocycles. The van der Waals surface area contributed by atoms with Crippen LogP contribution in [0.4, 0.5) is 0 Å². The molecule has 1 aliphatic rings. The van der Waals surface area contributed by atoms with E-state index in [-0.39, 0.29) is 0 Å². The topological polar surface area (TPSA) is 12.0 Å². The van der Waals surface area contributed by atoms with Crippen molar-refractivity contribution in [1.29, 1.82) is 0 Å². The quantitative estimate of drug-likeness (QED) is 0.755. The maximum Gasteiger partial charge on any atom is 0.0166 e. The number of benzene rings is 1. The summed E-state index contributed by atoms with van der Waals surface area (Å²) in [6, 6.07) is 11.8. The highest BCUT2D eigenvalue weighted by Crippen LogP contribution is 2.40. The molecular weight excluding hydrogens is 230 g/mol. The summed E-state index contributed by atoms with van der Waals surface area (Å²) in [6.07, 6.45) is 5.51. The first-order chi connectivity index (χ1) is 9.27. The van der Waals surface area contributed by atoms with Crippen molar-refractivity contribution in [1.82, 2.24) is 5.32 Å². The van der Waals surface area contributed by atoms with Gasteiger partial charge in [-0.3, -0.25) is 0 Å². The van der Waals surface area contributed by atoms with E-state index < -0.39 is 0 Å². The molecule has 0 bridgehead atoms. The summed E-state index contributed by atoms with van der Waals surface area (Å²) in [5.41, 5.74) is 1.52. The highest BCUT2D eigenvalue weighted by atomic mass is 14.9. The summed E-state index contributed by atoms with van der Waals surface area (Å²) in [4.78, 5) is 0. The monoisotopic (exact) mass is 259 g/mol. The lowest BCUT2D eigenvalue weighted by Crippen LogP contribution is -2.45. The molecule has 0 aromatic heterocycles. The van der Waals surface area contributed by atoms with Crippen molar-refractivity contribution in [2.45, 2.75) is 58.4 Å². The summed E-state index contributed by atoms with van der Waals surface area (Å²) in [5, 5.41) is 3.80. The lowest BCUT2D eigenvalue weighted by atomic mass is 9.69. The molecular formula is C18H29N. The highest BCUT2D eigenvalue weighted by Gasteiger charge is 2.35. The van der Waals surface area contributed by atoms with E-state index in [9.17, 15) is 0 Å². The zero-order valence-electron chi connectivity index (χ0n) is 12.7. The van der Waals surface area contributed by atoms with Crippen LogP contribution in [0.25, 0.3) is 0 Å². The molecule has 0 aliphatic heterocycles. The Hall–Kier alpha value is -0.820. The second-order valence-corrected chi connectivity index (χ2v) is 6.10. The van der Waals surface area contributed by atoms with Crippen LogP contribution < -0.4 is 5.32 Å². The number of hydrogen-bond acceptors (Lipinski definition) is 1. The number of hydrogen-bond donors (Lipinski definition) is 1. The van der Waals surface area contributed by atoms with Crippen molar-refractivity contribution in [3.05, 3.63) is 35.9 Å². The molecule has 0 radical (unpaired) electrons. The minimum absolute atomic E-state index is 0.663. The van der Waals surface area contributed by atoms with E-state index in [0.717, 1.165) is 18.4 Å². The van der Waals surface area contributed by atoms with Crippen molar-refractivity contribution < 1.29 is 0 Å². The highest BCUT2D eigenvalue weighted by molar-refractivity contribution is 5.23. The molecule has 106 valence electrons. The van der Waals surface area contributed by atoms with Crippen LogP contribution in [0.15, 0.2) is 30.3 Å². The first kappa shape index (κ1) is 14.6. The molecule has 1 heteroatoms. The molecule has 1 aromatic carbocycles. The van der Waals surface area contributed by atoms with Gasteiger partial charge in [-0.15, -0.1) is 0 Å². The van der Waals surface area contributed by atoms with Crippen molar-refractivity contribution in [2.24, 2.45) is 11.8 Å². The van der Waals surface area contributed by atoms with Gasteiger partial charge >= 0.3 is 0 Å². The van der Waals surface area contributed by atoms with E-state index in [1.807, 2.05) is 0 Å². The summed E-state index contributed by atoms with van der Waals surface area (Å²) in [5.74, 6) is 2.29. The summed E-state index contributed by atoms with van der Waals surface area (Å²) >= 11 is 0. The van der Waals surface area contributed by atoms with Crippen LogP contribution in [0.5, 0.6) is 0 Å². The lowest BCUT2D eigenvalue weighted by Gasteiger charge is -2.42. The van der Waals surface area contributed by atoms with Gasteiger partial charge in [0.1, 0.15) is 0 Å². The maximum absolute atomic E-state index is 3.80. The van der Waals surface area contributed by atoms with Gasteiger partial charge in [0.25, 0.3) is 0 Å². The van der Waals surface area contributed by atoms with Gasteiger partial charge in [0.05, 0.1) is 0 Å². The molecule has 1 nitrogen and oxygen atoms in total. The average molecular weight is 259 g/mol. The zero-order valence-corrected chi connectivity index (χ0v) is 12.7. The molecule has 0 spiro atoms. The fourth-order valence-electron chi connectivity index (χ4n) is 3.44. The molecule has 3 unspecified atom stereocenters. The van der Waals surface area contributed by atoms with Gasteiger partial charge in [-0.25, -0.2) is 0 Å². The van der Waals surface area contributed by atoms with E-state index in [2.05, 4.69) is 56.4 Å². The van der Waals surface area contributed by atoms with Crippen LogP contribution in [-0.4, -0.2) is 12.6 Å². The SMILES string of the molecule is CCNC(C1CCC1)C(c1ccccc1)C(C)CC. The molecule has 0 amide bonds. The van der Waals surface area contributed by atoms with Crippen LogP contribution in [0.1, 0.15) is 57.9 Å². The molecule has 1 aromatic rings. The Kier molecular flexibility index (Phi) is 5.45. The van der Waals surface area contributed by atoms with Crippen LogP contribution in [0, 0.1) is 11.8 Å².